The van der Waals surface area contributed by atoms with Crippen LogP contribution in [0.4, 0.5) is 0 Å². The Bertz CT molecular complexity index is 1380. The lowest BCUT2D eigenvalue weighted by Crippen LogP contribution is -2.63. The predicted molar refractivity (Wildman–Crippen MR) is 167 cm³/mol. The van der Waals surface area contributed by atoms with Gasteiger partial charge in [0.25, 0.3) is 5.91 Å². The number of carbonyl (C=O) groups excluding carboxylic acids is 2. The van der Waals surface area contributed by atoms with Gasteiger partial charge in [0.2, 0.25) is 0 Å². The van der Waals surface area contributed by atoms with Crippen molar-refractivity contribution in [3.8, 4) is 11.5 Å². The zero-order valence-electron chi connectivity index (χ0n) is 24.4. The van der Waals surface area contributed by atoms with Crippen molar-refractivity contribution in [3.05, 3.63) is 93.5 Å². The van der Waals surface area contributed by atoms with Crippen molar-refractivity contribution >= 4 is 35.4 Å². The maximum absolute atomic E-state index is 14.9. The number of methoxy groups -OCH3 is 1. The number of nitrogens with two attached hydrogens (primary N) is 1. The lowest BCUT2D eigenvalue weighted by Gasteiger charge is -2.41. The van der Waals surface area contributed by atoms with Gasteiger partial charge in [-0.1, -0.05) is 47.5 Å². The topological polar surface area (TPSA) is 109 Å². The van der Waals surface area contributed by atoms with E-state index in [4.69, 9.17) is 38.4 Å². The van der Waals surface area contributed by atoms with Crippen molar-refractivity contribution < 1.29 is 19.1 Å². The van der Waals surface area contributed by atoms with E-state index in [2.05, 4.69) is 10.6 Å². The summed E-state index contributed by atoms with van der Waals surface area (Å²) >= 11 is 12.5. The van der Waals surface area contributed by atoms with Crippen LogP contribution >= 0.6 is 23.2 Å². The number of hydrogen-bond acceptors (Lipinski definition) is 8. The summed E-state index contributed by atoms with van der Waals surface area (Å²) in [7, 11) is 1.60. The molecule has 0 saturated carbocycles. The summed E-state index contributed by atoms with van der Waals surface area (Å²) < 4.78 is 11.8. The Morgan fingerprint density at radius 1 is 0.930 bits per heavy atom. The molecule has 0 bridgehead atoms. The molecule has 4 N–H and O–H groups in total. The number of piperazine rings is 1. The fourth-order valence-electron chi connectivity index (χ4n) is 5.80. The minimum atomic E-state index is -1.39. The Kier molecular flexibility index (Phi) is 9.60. The highest BCUT2D eigenvalue weighted by Gasteiger charge is 2.54. The molecule has 5 rings (SSSR count). The molecule has 11 heteroatoms. The average Bonchev–Trinajstić information content (AvgIpc) is 3.42. The molecule has 3 aromatic carbocycles. The summed E-state index contributed by atoms with van der Waals surface area (Å²) in [5, 5.41) is 8.68. The summed E-state index contributed by atoms with van der Waals surface area (Å²) in [6, 6.07) is 20.1. The van der Waals surface area contributed by atoms with Crippen molar-refractivity contribution in [2.75, 3.05) is 33.3 Å². The number of benzene rings is 3. The Morgan fingerprint density at radius 3 is 1.93 bits per heavy atom. The van der Waals surface area contributed by atoms with Gasteiger partial charge in [-0.05, 0) is 61.4 Å². The van der Waals surface area contributed by atoms with Crippen LogP contribution in [-0.2, 0) is 15.3 Å². The second-order valence-corrected chi connectivity index (χ2v) is 12.0. The van der Waals surface area contributed by atoms with Crippen molar-refractivity contribution in [1.82, 2.24) is 20.4 Å². The molecule has 2 fully saturated rings. The van der Waals surface area contributed by atoms with Gasteiger partial charge in [-0.15, -0.1) is 0 Å². The van der Waals surface area contributed by atoms with Gasteiger partial charge < -0.3 is 24.9 Å². The van der Waals surface area contributed by atoms with Gasteiger partial charge in [-0.25, -0.2) is 0 Å². The van der Waals surface area contributed by atoms with Crippen LogP contribution in [-0.4, -0.2) is 67.6 Å². The Hall–Kier alpha value is -3.18. The van der Waals surface area contributed by atoms with E-state index in [0.29, 0.717) is 53.3 Å². The molecule has 0 radical (unpaired) electrons. The van der Waals surface area contributed by atoms with Crippen LogP contribution in [0, 0.1) is 0 Å². The Morgan fingerprint density at radius 2 is 1.47 bits per heavy atom. The third-order valence-electron chi connectivity index (χ3n) is 7.97. The highest BCUT2D eigenvalue weighted by molar-refractivity contribution is 6.30. The third-order valence-corrected chi connectivity index (χ3v) is 8.48. The molecule has 2 saturated heterocycles. The normalized spacial score (nSPS) is 23.3. The van der Waals surface area contributed by atoms with Crippen LogP contribution in [0.25, 0.3) is 0 Å². The Balaban J connectivity index is 1.64. The molecule has 2 aliphatic rings. The Labute approximate surface area is 262 Å². The summed E-state index contributed by atoms with van der Waals surface area (Å²) in [6.45, 7) is 5.63. The maximum atomic E-state index is 14.9. The van der Waals surface area contributed by atoms with Crippen molar-refractivity contribution in [1.29, 1.82) is 0 Å². The number of rotatable bonds is 9. The smallest absolute Gasteiger partial charge is 0.262 e. The fraction of sp³-hybridized carbons (Fsp3) is 0.375. The first-order valence-corrected chi connectivity index (χ1v) is 15.1. The molecule has 2 heterocycles. The zero-order valence-corrected chi connectivity index (χ0v) is 25.9. The molecule has 3 unspecified atom stereocenters. The molecule has 1 amide bonds. The molecule has 3 atom stereocenters. The minimum absolute atomic E-state index is 0.160. The summed E-state index contributed by atoms with van der Waals surface area (Å²) in [5.74, 6) is 0.969. The molecule has 0 aliphatic carbocycles. The summed E-state index contributed by atoms with van der Waals surface area (Å²) in [4.78, 5) is 29.9. The molecule has 3 aromatic rings. The largest absolute Gasteiger partial charge is 0.497 e. The second kappa shape index (κ2) is 13.2. The molecule has 43 heavy (non-hydrogen) atoms. The van der Waals surface area contributed by atoms with E-state index >= 15 is 0 Å². The first-order chi connectivity index (χ1) is 20.6. The van der Waals surface area contributed by atoms with Gasteiger partial charge in [0, 0.05) is 47.9 Å². The molecular weight excluding hydrogens is 589 g/mol. The number of carbonyl (C=O) groups is 2. The second-order valence-electron chi connectivity index (χ2n) is 11.1. The molecular formula is C32H37Cl2N5O4. The fourth-order valence-corrected chi connectivity index (χ4v) is 6.05. The number of amides is 1. The van der Waals surface area contributed by atoms with E-state index in [1.54, 1.807) is 12.0 Å². The lowest BCUT2D eigenvalue weighted by molar-refractivity contribution is -0.142. The van der Waals surface area contributed by atoms with Gasteiger partial charge in [-0.2, -0.15) is 0 Å². The van der Waals surface area contributed by atoms with Crippen molar-refractivity contribution in [3.63, 3.8) is 0 Å². The molecule has 0 aromatic heterocycles. The number of nitrogens with one attached hydrogen (secondary N) is 2. The standard InChI is InChI=1S/C32H37Cl2N5O4/c1-20(2)43-27-18-25(42-3)12-13-26(27)32(31(41)39-16-14-38(15-17-39)28(35)19-40)36-29(21-4-8-23(33)9-5-21)30(37-32)22-6-10-24(34)11-7-22/h4-13,18-20,28-30,36-37H,14-17,35H2,1-3H3. The predicted octanol–water partition coefficient (Wildman–Crippen LogP) is 4.25. The molecule has 0 spiro atoms. The maximum Gasteiger partial charge on any atom is 0.262 e. The molecule has 228 valence electrons. The van der Waals surface area contributed by atoms with Crippen LogP contribution in [0.3, 0.4) is 0 Å². The van der Waals surface area contributed by atoms with Gasteiger partial charge >= 0.3 is 0 Å². The van der Waals surface area contributed by atoms with Crippen molar-refractivity contribution in [2.24, 2.45) is 5.73 Å². The van der Waals surface area contributed by atoms with Gasteiger partial charge in [0.1, 0.15) is 17.7 Å². The summed E-state index contributed by atoms with van der Waals surface area (Å²) in [6.07, 6.45) is -0.142. The number of aldehydes is 1. The van der Waals surface area contributed by atoms with Crippen LogP contribution in [0.5, 0.6) is 11.5 Å². The number of ether oxygens (including phenoxy) is 2. The van der Waals surface area contributed by atoms with Gasteiger partial charge in [0.15, 0.2) is 11.9 Å². The van der Waals surface area contributed by atoms with E-state index in [-0.39, 0.29) is 24.1 Å². The zero-order chi connectivity index (χ0) is 30.7. The van der Waals surface area contributed by atoms with Crippen LogP contribution in [0.15, 0.2) is 66.7 Å². The third kappa shape index (κ3) is 6.52. The quantitative estimate of drug-likeness (QED) is 0.303. The number of nitrogens with zero attached hydrogens (tertiary/aromatic N) is 2. The highest BCUT2D eigenvalue weighted by Crippen LogP contribution is 2.45. The SMILES string of the molecule is COc1ccc(C2(C(=O)N3CCN(C(N)C=O)CC3)NC(c3ccc(Cl)cc3)C(c3ccc(Cl)cc3)N2)c(OC(C)C)c1. The van der Waals surface area contributed by atoms with Crippen LogP contribution in [0.1, 0.15) is 42.6 Å². The lowest BCUT2D eigenvalue weighted by atomic mass is 9.95. The first-order valence-electron chi connectivity index (χ1n) is 14.3. The van der Waals surface area contributed by atoms with E-state index in [1.807, 2.05) is 85.5 Å². The molecule has 2 aliphatic heterocycles. The minimum Gasteiger partial charge on any atom is -0.497 e. The molecule has 9 nitrogen and oxygen atoms in total. The highest BCUT2D eigenvalue weighted by atomic mass is 35.5. The average molecular weight is 627 g/mol. The number of halogens is 2. The monoisotopic (exact) mass is 625 g/mol. The van der Waals surface area contributed by atoms with E-state index < -0.39 is 11.8 Å². The van der Waals surface area contributed by atoms with E-state index in [9.17, 15) is 9.59 Å². The number of hydrogen-bond donors (Lipinski definition) is 3. The van der Waals surface area contributed by atoms with E-state index in [1.165, 1.54) is 0 Å². The van der Waals surface area contributed by atoms with Crippen LogP contribution in [0.2, 0.25) is 10.0 Å². The van der Waals surface area contributed by atoms with Gasteiger partial charge in [-0.3, -0.25) is 20.3 Å². The first kappa shape index (κ1) is 31.3. The van der Waals surface area contributed by atoms with Crippen molar-refractivity contribution in [2.45, 2.75) is 43.9 Å². The van der Waals surface area contributed by atoms with Gasteiger partial charge in [0.05, 0.1) is 25.3 Å². The summed E-state index contributed by atoms with van der Waals surface area (Å²) in [5.41, 5.74) is 7.12. The van der Waals surface area contributed by atoms with E-state index in [0.717, 1.165) is 17.4 Å². The van der Waals surface area contributed by atoms with Crippen LogP contribution < -0.4 is 25.8 Å².